The number of halogens is 1. The van der Waals surface area contributed by atoms with Crippen molar-refractivity contribution in [3.63, 3.8) is 0 Å². The van der Waals surface area contributed by atoms with Gasteiger partial charge in [-0.25, -0.2) is 13.8 Å². The van der Waals surface area contributed by atoms with Crippen molar-refractivity contribution in [2.75, 3.05) is 24.2 Å². The van der Waals surface area contributed by atoms with Crippen LogP contribution in [0, 0.1) is 0 Å². The lowest BCUT2D eigenvalue weighted by atomic mass is 10.2. The van der Waals surface area contributed by atoms with Crippen molar-refractivity contribution in [1.82, 2.24) is 5.43 Å². The summed E-state index contributed by atoms with van der Waals surface area (Å²) in [6.45, 7) is -0.443. The molecule has 2 aromatic rings. The van der Waals surface area contributed by atoms with Gasteiger partial charge in [0.25, 0.3) is 5.91 Å². The number of phenolic OH excluding ortho intramolecular Hbond substituents is 1. The molecule has 0 fully saturated rings. The molecular formula is C17H18BrN3O5S. The number of carbonyl (C=O) groups is 1. The molecule has 10 heteroatoms. The molecule has 0 radical (unpaired) electrons. The Hall–Kier alpha value is -2.59. The molecule has 8 nitrogen and oxygen atoms in total. The second-order valence-electron chi connectivity index (χ2n) is 5.44. The number of amides is 1. The monoisotopic (exact) mass is 455 g/mol. The standard InChI is InChI=1S/C17H18BrN3O5S/c1-26-15-5-3-4-12(17(15)23)10-19-20-16(22)11-21(27(2,24)25)14-8-6-13(18)7-9-14/h3-10,23H,11H2,1-2H3,(H,20,22)/b19-10-. The van der Waals surface area contributed by atoms with Gasteiger partial charge in [0.05, 0.1) is 25.3 Å². The van der Waals surface area contributed by atoms with Crippen molar-refractivity contribution < 1.29 is 23.1 Å². The Morgan fingerprint density at radius 3 is 2.56 bits per heavy atom. The van der Waals surface area contributed by atoms with Crippen LogP contribution in [0.5, 0.6) is 11.5 Å². The Balaban J connectivity index is 2.09. The molecule has 144 valence electrons. The fourth-order valence-electron chi connectivity index (χ4n) is 2.16. The maximum atomic E-state index is 12.1. The Morgan fingerprint density at radius 2 is 1.96 bits per heavy atom. The number of aromatic hydroxyl groups is 1. The molecule has 27 heavy (non-hydrogen) atoms. The topological polar surface area (TPSA) is 108 Å². The largest absolute Gasteiger partial charge is 0.504 e. The number of phenols is 1. The molecule has 2 aromatic carbocycles. The summed E-state index contributed by atoms with van der Waals surface area (Å²) in [5.74, 6) is -0.489. The van der Waals surface area contributed by atoms with Crippen molar-refractivity contribution in [3.8, 4) is 11.5 Å². The van der Waals surface area contributed by atoms with E-state index in [0.717, 1.165) is 15.0 Å². The minimum absolute atomic E-state index is 0.120. The summed E-state index contributed by atoms with van der Waals surface area (Å²) < 4.78 is 30.8. The highest BCUT2D eigenvalue weighted by Crippen LogP contribution is 2.27. The maximum absolute atomic E-state index is 12.1. The first kappa shape index (κ1) is 20.7. The number of para-hydroxylation sites is 1. The number of anilines is 1. The average Bonchev–Trinajstić information content (AvgIpc) is 2.61. The highest BCUT2D eigenvalue weighted by Gasteiger charge is 2.20. The normalized spacial score (nSPS) is 11.4. The number of methoxy groups -OCH3 is 1. The van der Waals surface area contributed by atoms with Gasteiger partial charge < -0.3 is 9.84 Å². The minimum Gasteiger partial charge on any atom is -0.504 e. The van der Waals surface area contributed by atoms with Gasteiger partial charge in [-0.15, -0.1) is 0 Å². The highest BCUT2D eigenvalue weighted by atomic mass is 79.9. The number of sulfonamides is 1. The van der Waals surface area contributed by atoms with Crippen molar-refractivity contribution in [2.45, 2.75) is 0 Å². The fourth-order valence-corrected chi connectivity index (χ4v) is 3.28. The summed E-state index contributed by atoms with van der Waals surface area (Å²) in [4.78, 5) is 12.1. The van der Waals surface area contributed by atoms with Crippen molar-refractivity contribution in [2.24, 2.45) is 5.10 Å². The Kier molecular flexibility index (Phi) is 6.81. The molecule has 0 atom stereocenters. The van der Waals surface area contributed by atoms with E-state index in [9.17, 15) is 18.3 Å². The number of hydrogen-bond donors (Lipinski definition) is 2. The first-order chi connectivity index (χ1) is 12.7. The summed E-state index contributed by atoms with van der Waals surface area (Å²) in [6, 6.07) is 11.3. The van der Waals surface area contributed by atoms with E-state index in [1.807, 2.05) is 0 Å². The number of ether oxygens (including phenoxy) is 1. The highest BCUT2D eigenvalue weighted by molar-refractivity contribution is 9.10. The smallest absolute Gasteiger partial charge is 0.260 e. The van der Waals surface area contributed by atoms with Crippen LogP contribution in [0.15, 0.2) is 52.0 Å². The van der Waals surface area contributed by atoms with E-state index in [1.54, 1.807) is 42.5 Å². The van der Waals surface area contributed by atoms with Crippen LogP contribution in [0.2, 0.25) is 0 Å². The molecular weight excluding hydrogens is 438 g/mol. The van der Waals surface area contributed by atoms with Crippen LogP contribution in [0.25, 0.3) is 0 Å². The van der Waals surface area contributed by atoms with E-state index in [4.69, 9.17) is 4.74 Å². The van der Waals surface area contributed by atoms with Gasteiger partial charge in [0, 0.05) is 10.0 Å². The van der Waals surface area contributed by atoms with Crippen LogP contribution in [0.4, 0.5) is 5.69 Å². The number of hydrogen-bond acceptors (Lipinski definition) is 6. The fraction of sp³-hybridized carbons (Fsp3) is 0.176. The van der Waals surface area contributed by atoms with Gasteiger partial charge in [-0.1, -0.05) is 22.0 Å². The summed E-state index contributed by atoms with van der Waals surface area (Å²) in [6.07, 6.45) is 2.25. The lowest BCUT2D eigenvalue weighted by molar-refractivity contribution is -0.119. The van der Waals surface area contributed by atoms with Crippen LogP contribution < -0.4 is 14.5 Å². The maximum Gasteiger partial charge on any atom is 0.260 e. The Labute approximate surface area is 165 Å². The van der Waals surface area contributed by atoms with Crippen molar-refractivity contribution in [3.05, 3.63) is 52.5 Å². The first-order valence-electron chi connectivity index (χ1n) is 7.63. The lowest BCUT2D eigenvalue weighted by Gasteiger charge is -2.21. The summed E-state index contributed by atoms with van der Waals surface area (Å²) in [7, 11) is -2.25. The molecule has 0 aliphatic rings. The second kappa shape index (κ2) is 8.87. The third-order valence-electron chi connectivity index (χ3n) is 3.45. The minimum atomic E-state index is -3.67. The molecule has 0 spiro atoms. The van der Waals surface area contributed by atoms with Crippen LogP contribution in [0.3, 0.4) is 0 Å². The van der Waals surface area contributed by atoms with Crippen molar-refractivity contribution >= 4 is 43.8 Å². The molecule has 0 aromatic heterocycles. The van der Waals surface area contributed by atoms with E-state index in [0.29, 0.717) is 11.3 Å². The average molecular weight is 456 g/mol. The number of hydrazone groups is 1. The third-order valence-corrected chi connectivity index (χ3v) is 5.11. The zero-order valence-corrected chi connectivity index (χ0v) is 17.0. The van der Waals surface area contributed by atoms with Gasteiger partial charge in [0.1, 0.15) is 6.54 Å². The van der Waals surface area contributed by atoms with Crippen molar-refractivity contribution in [1.29, 1.82) is 0 Å². The molecule has 0 aliphatic carbocycles. The summed E-state index contributed by atoms with van der Waals surface area (Å²) in [5.41, 5.74) is 2.93. The molecule has 0 aliphatic heterocycles. The number of benzene rings is 2. The Bertz CT molecular complexity index is 946. The van der Waals surface area contributed by atoms with Gasteiger partial charge in [-0.3, -0.25) is 9.10 Å². The van der Waals surface area contributed by atoms with Crippen LogP contribution >= 0.6 is 15.9 Å². The van der Waals surface area contributed by atoms with Gasteiger partial charge in [0.15, 0.2) is 11.5 Å². The van der Waals surface area contributed by atoms with Gasteiger partial charge in [0.2, 0.25) is 10.0 Å². The van der Waals surface area contributed by atoms with E-state index in [2.05, 4.69) is 26.5 Å². The van der Waals surface area contributed by atoms with E-state index >= 15 is 0 Å². The zero-order valence-electron chi connectivity index (χ0n) is 14.6. The lowest BCUT2D eigenvalue weighted by Crippen LogP contribution is -2.39. The van der Waals surface area contributed by atoms with Gasteiger partial charge in [-0.2, -0.15) is 5.10 Å². The number of nitrogens with zero attached hydrogens (tertiary/aromatic N) is 2. The summed E-state index contributed by atoms with van der Waals surface area (Å²) >= 11 is 3.27. The Morgan fingerprint density at radius 1 is 1.30 bits per heavy atom. The number of nitrogens with one attached hydrogen (secondary N) is 1. The number of rotatable bonds is 7. The molecule has 0 bridgehead atoms. The first-order valence-corrected chi connectivity index (χ1v) is 10.3. The van der Waals surface area contributed by atoms with E-state index in [1.165, 1.54) is 13.3 Å². The molecule has 0 saturated carbocycles. The van der Waals surface area contributed by atoms with Gasteiger partial charge in [-0.05, 0) is 36.4 Å². The number of carbonyl (C=O) groups excluding carboxylic acids is 1. The van der Waals surface area contributed by atoms with Crippen LogP contribution in [-0.4, -0.2) is 45.6 Å². The molecule has 1 amide bonds. The molecule has 0 saturated heterocycles. The molecule has 2 rings (SSSR count). The van der Waals surface area contributed by atoms with E-state index < -0.39 is 22.5 Å². The van der Waals surface area contributed by atoms with Crippen LogP contribution in [0.1, 0.15) is 5.56 Å². The van der Waals surface area contributed by atoms with E-state index in [-0.39, 0.29) is 11.5 Å². The third kappa shape index (κ3) is 5.69. The molecule has 0 heterocycles. The van der Waals surface area contributed by atoms with Crippen LogP contribution in [-0.2, 0) is 14.8 Å². The second-order valence-corrected chi connectivity index (χ2v) is 8.26. The molecule has 0 unspecified atom stereocenters. The van der Waals surface area contributed by atoms with Gasteiger partial charge >= 0.3 is 0 Å². The zero-order chi connectivity index (χ0) is 20.0. The summed E-state index contributed by atoms with van der Waals surface area (Å²) in [5, 5.41) is 13.7. The SMILES string of the molecule is COc1cccc(/C=N\NC(=O)CN(c2ccc(Br)cc2)S(C)(=O)=O)c1O. The quantitative estimate of drug-likeness (QED) is 0.490. The predicted molar refractivity (Wildman–Crippen MR) is 107 cm³/mol. The predicted octanol–water partition coefficient (Wildman–Crippen LogP) is 2.08. The molecule has 2 N–H and O–H groups in total.